The van der Waals surface area contributed by atoms with Crippen LogP contribution in [0.4, 0.5) is 5.95 Å². The van der Waals surface area contributed by atoms with Crippen molar-refractivity contribution < 1.29 is 8.42 Å². The lowest BCUT2D eigenvalue weighted by Crippen LogP contribution is -2.32. The molecule has 1 aromatic rings. The Morgan fingerprint density at radius 3 is 2.44 bits per heavy atom. The summed E-state index contributed by atoms with van der Waals surface area (Å²) in [6.45, 7) is 2.63. The third-order valence-electron chi connectivity index (χ3n) is 2.95. The van der Waals surface area contributed by atoms with E-state index in [2.05, 4.69) is 20.0 Å². The molecular weight excluding hydrogens is 252 g/mol. The van der Waals surface area contributed by atoms with Gasteiger partial charge in [-0.3, -0.25) is 0 Å². The molecule has 1 heterocycles. The highest BCUT2D eigenvalue weighted by Crippen LogP contribution is 2.20. The van der Waals surface area contributed by atoms with Crippen LogP contribution >= 0.6 is 0 Å². The van der Waals surface area contributed by atoms with Crippen molar-refractivity contribution in [3.63, 3.8) is 0 Å². The van der Waals surface area contributed by atoms with Gasteiger partial charge in [0.05, 0.1) is 12.4 Å². The van der Waals surface area contributed by atoms with E-state index in [9.17, 15) is 8.42 Å². The zero-order chi connectivity index (χ0) is 13.0. The van der Waals surface area contributed by atoms with Gasteiger partial charge in [0.1, 0.15) is 4.90 Å². The number of nitrogens with one attached hydrogen (secondary N) is 2. The second-order valence-electron chi connectivity index (χ2n) is 4.38. The summed E-state index contributed by atoms with van der Waals surface area (Å²) in [4.78, 5) is 8.06. The smallest absolute Gasteiger partial charge is 0.243 e. The molecule has 100 valence electrons. The van der Waals surface area contributed by atoms with Crippen LogP contribution in [-0.4, -0.2) is 31.0 Å². The van der Waals surface area contributed by atoms with Crippen molar-refractivity contribution in [3.8, 4) is 0 Å². The summed E-state index contributed by atoms with van der Waals surface area (Å²) < 4.78 is 26.8. The second kappa shape index (κ2) is 5.62. The highest BCUT2D eigenvalue weighted by atomic mass is 32.2. The van der Waals surface area contributed by atoms with E-state index in [-0.39, 0.29) is 10.9 Å². The van der Waals surface area contributed by atoms with Gasteiger partial charge in [0.25, 0.3) is 0 Å². The number of hydrogen-bond acceptors (Lipinski definition) is 5. The minimum atomic E-state index is -3.48. The molecule has 1 aliphatic carbocycles. The van der Waals surface area contributed by atoms with Gasteiger partial charge in [-0.05, 0) is 19.8 Å². The summed E-state index contributed by atoms with van der Waals surface area (Å²) in [5.74, 6) is 0.442. The van der Waals surface area contributed by atoms with Crippen molar-refractivity contribution in [1.29, 1.82) is 0 Å². The van der Waals surface area contributed by atoms with E-state index in [4.69, 9.17) is 0 Å². The molecule has 0 atom stereocenters. The fourth-order valence-corrected chi connectivity index (χ4v) is 3.23. The summed E-state index contributed by atoms with van der Waals surface area (Å²) in [6, 6.07) is 0.0587. The van der Waals surface area contributed by atoms with E-state index >= 15 is 0 Å². The molecule has 1 aromatic heterocycles. The van der Waals surface area contributed by atoms with Gasteiger partial charge in [0.2, 0.25) is 16.0 Å². The number of rotatable bonds is 5. The minimum absolute atomic E-state index is 0.0587. The summed E-state index contributed by atoms with van der Waals surface area (Å²) >= 11 is 0. The second-order valence-corrected chi connectivity index (χ2v) is 6.09. The topological polar surface area (TPSA) is 84.0 Å². The number of sulfonamides is 1. The monoisotopic (exact) mass is 270 g/mol. The molecule has 1 aliphatic rings. The van der Waals surface area contributed by atoms with Crippen molar-refractivity contribution in [2.24, 2.45) is 0 Å². The van der Waals surface area contributed by atoms with Crippen molar-refractivity contribution in [2.75, 3.05) is 11.9 Å². The fourth-order valence-electron chi connectivity index (χ4n) is 2.04. The first-order valence-electron chi connectivity index (χ1n) is 6.20. The maximum atomic E-state index is 12.0. The van der Waals surface area contributed by atoms with Crippen LogP contribution in [0.1, 0.15) is 32.6 Å². The quantitative estimate of drug-likeness (QED) is 0.838. The maximum Gasteiger partial charge on any atom is 0.243 e. The van der Waals surface area contributed by atoms with Crippen molar-refractivity contribution >= 4 is 16.0 Å². The van der Waals surface area contributed by atoms with E-state index in [1.54, 1.807) is 0 Å². The lowest BCUT2D eigenvalue weighted by Gasteiger charge is -2.12. The van der Waals surface area contributed by atoms with E-state index < -0.39 is 10.0 Å². The Morgan fingerprint density at radius 1 is 1.28 bits per heavy atom. The molecule has 0 aliphatic heterocycles. The first-order chi connectivity index (χ1) is 8.62. The fraction of sp³-hybridized carbons (Fsp3) is 0.636. The lowest BCUT2D eigenvalue weighted by molar-refractivity contribution is 0.551. The molecule has 0 radical (unpaired) electrons. The van der Waals surface area contributed by atoms with Gasteiger partial charge >= 0.3 is 0 Å². The zero-order valence-electron chi connectivity index (χ0n) is 10.4. The number of aromatic nitrogens is 2. The molecule has 0 bridgehead atoms. The predicted molar refractivity (Wildman–Crippen MR) is 68.8 cm³/mol. The Kier molecular flexibility index (Phi) is 4.13. The molecule has 18 heavy (non-hydrogen) atoms. The largest absolute Gasteiger partial charge is 0.355 e. The molecule has 0 spiro atoms. The molecule has 1 fully saturated rings. The molecule has 7 heteroatoms. The highest BCUT2D eigenvalue weighted by Gasteiger charge is 2.23. The van der Waals surface area contributed by atoms with E-state index in [1.165, 1.54) is 12.4 Å². The van der Waals surface area contributed by atoms with Gasteiger partial charge in [-0.25, -0.2) is 23.1 Å². The van der Waals surface area contributed by atoms with Crippen LogP contribution in [0.3, 0.4) is 0 Å². The first-order valence-corrected chi connectivity index (χ1v) is 7.68. The van der Waals surface area contributed by atoms with E-state index in [0.717, 1.165) is 25.7 Å². The Bertz CT molecular complexity index is 480. The Hall–Kier alpha value is -1.21. The van der Waals surface area contributed by atoms with Crippen molar-refractivity contribution in [3.05, 3.63) is 12.4 Å². The van der Waals surface area contributed by atoms with E-state index in [0.29, 0.717) is 12.5 Å². The Labute approximate surface area is 107 Å². The first kappa shape index (κ1) is 13.2. The molecule has 1 saturated carbocycles. The molecule has 6 nitrogen and oxygen atoms in total. The molecule has 0 unspecified atom stereocenters. The van der Waals surface area contributed by atoms with Gasteiger partial charge < -0.3 is 5.32 Å². The molecule has 0 amide bonds. The van der Waals surface area contributed by atoms with Gasteiger partial charge in [0, 0.05) is 12.6 Å². The molecule has 2 N–H and O–H groups in total. The summed E-state index contributed by atoms with van der Waals surface area (Å²) in [7, 11) is -3.48. The average molecular weight is 270 g/mol. The van der Waals surface area contributed by atoms with Crippen LogP contribution in [0.25, 0.3) is 0 Å². The Balaban J connectivity index is 2.08. The van der Waals surface area contributed by atoms with Crippen molar-refractivity contribution in [1.82, 2.24) is 14.7 Å². The lowest BCUT2D eigenvalue weighted by atomic mass is 10.3. The summed E-state index contributed by atoms with van der Waals surface area (Å²) in [5.41, 5.74) is 0. The SMILES string of the molecule is CCNc1ncc(S(=O)(=O)NC2CCCC2)cn1. The van der Waals surface area contributed by atoms with E-state index in [1.807, 2.05) is 6.92 Å². The summed E-state index contributed by atoms with van der Waals surface area (Å²) in [6.07, 6.45) is 6.67. The van der Waals surface area contributed by atoms with Crippen LogP contribution < -0.4 is 10.0 Å². The van der Waals surface area contributed by atoms with Gasteiger partial charge in [-0.2, -0.15) is 0 Å². The molecule has 0 aromatic carbocycles. The van der Waals surface area contributed by atoms with Crippen molar-refractivity contribution in [2.45, 2.75) is 43.5 Å². The van der Waals surface area contributed by atoms with Crippen LogP contribution in [0.5, 0.6) is 0 Å². The summed E-state index contributed by atoms with van der Waals surface area (Å²) in [5, 5.41) is 2.92. The van der Waals surface area contributed by atoms with Gasteiger partial charge in [-0.1, -0.05) is 12.8 Å². The van der Waals surface area contributed by atoms with Crippen LogP contribution in [0.15, 0.2) is 17.3 Å². The third kappa shape index (κ3) is 3.17. The zero-order valence-corrected chi connectivity index (χ0v) is 11.2. The highest BCUT2D eigenvalue weighted by molar-refractivity contribution is 7.89. The predicted octanol–water partition coefficient (Wildman–Crippen LogP) is 1.13. The van der Waals surface area contributed by atoms with Gasteiger partial charge in [0.15, 0.2) is 0 Å². The number of anilines is 1. The third-order valence-corrected chi connectivity index (χ3v) is 4.43. The van der Waals surface area contributed by atoms with Crippen LogP contribution in [-0.2, 0) is 10.0 Å². The van der Waals surface area contributed by atoms with Crippen LogP contribution in [0.2, 0.25) is 0 Å². The van der Waals surface area contributed by atoms with Crippen LogP contribution in [0, 0.1) is 0 Å². The average Bonchev–Trinajstić information content (AvgIpc) is 2.82. The Morgan fingerprint density at radius 2 is 1.89 bits per heavy atom. The maximum absolute atomic E-state index is 12.0. The molecule has 0 saturated heterocycles. The number of nitrogens with zero attached hydrogens (tertiary/aromatic N) is 2. The van der Waals surface area contributed by atoms with Gasteiger partial charge in [-0.15, -0.1) is 0 Å². The standard InChI is InChI=1S/C11H18N4O2S/c1-2-12-11-13-7-10(8-14-11)18(16,17)15-9-5-3-4-6-9/h7-9,15H,2-6H2,1H3,(H,12,13,14). The molecular formula is C11H18N4O2S. The normalized spacial score (nSPS) is 16.9. The number of hydrogen-bond donors (Lipinski definition) is 2. The molecule has 2 rings (SSSR count). The minimum Gasteiger partial charge on any atom is -0.355 e.